The highest BCUT2D eigenvalue weighted by molar-refractivity contribution is 7.26. The molecule has 3 nitrogen and oxygen atoms in total. The van der Waals surface area contributed by atoms with Crippen molar-refractivity contribution in [3.05, 3.63) is 146 Å². The second-order valence-electron chi connectivity index (χ2n) is 11.6. The molecule has 0 saturated carbocycles. The Kier molecular flexibility index (Phi) is 5.61. The van der Waals surface area contributed by atoms with Crippen molar-refractivity contribution >= 4 is 102 Å². The highest BCUT2D eigenvalue weighted by Crippen LogP contribution is 2.43. The van der Waals surface area contributed by atoms with E-state index < -0.39 is 0 Å². The van der Waals surface area contributed by atoms with Gasteiger partial charge in [-0.05, 0) is 66.2 Å². The first-order valence-electron chi connectivity index (χ1n) is 15.3. The van der Waals surface area contributed by atoms with Crippen LogP contribution in [0.25, 0.3) is 73.5 Å². The molecule has 0 radical (unpaired) electrons. The Bertz CT molecular complexity index is 2660. The van der Waals surface area contributed by atoms with Crippen LogP contribution in [-0.4, -0.2) is 4.98 Å². The molecular weight excluding hydrogens is 601 g/mol. The molecule has 6 aromatic carbocycles. The minimum absolute atomic E-state index is 0.880. The van der Waals surface area contributed by atoms with Crippen molar-refractivity contribution in [1.29, 1.82) is 0 Å². The molecule has 4 heterocycles. The van der Waals surface area contributed by atoms with Crippen LogP contribution in [0.2, 0.25) is 0 Å². The number of nitrogens with zero attached hydrogens (tertiary/aromatic N) is 2. The fourth-order valence-electron chi connectivity index (χ4n) is 6.72. The second kappa shape index (κ2) is 10.0. The first kappa shape index (κ1) is 25.8. The summed E-state index contributed by atoms with van der Waals surface area (Å²) < 4.78 is 10.2. The van der Waals surface area contributed by atoms with E-state index in [2.05, 4.69) is 132 Å². The minimum Gasteiger partial charge on any atom is -0.456 e. The average molecular weight is 625 g/mol. The summed E-state index contributed by atoms with van der Waals surface area (Å²) in [7, 11) is 0. The van der Waals surface area contributed by atoms with E-state index in [1.165, 1.54) is 35.6 Å². The zero-order valence-corrected chi connectivity index (χ0v) is 26.1. The second-order valence-corrected chi connectivity index (χ2v) is 13.7. The molecule has 0 aliphatic heterocycles. The fourth-order valence-corrected chi connectivity index (χ4v) is 8.89. The Balaban J connectivity index is 1.12. The standard InChI is InChI=1S/C41H24N2OS2/c1-4-10-36-30(7-1)31-19-17-28(22-37(31)44-36)43(29-18-20-34-32-8-2-5-11-38(32)45-40(34)23-29)27-15-13-25(14-16-27)26-21-35-33-9-3-6-12-39(33)46-41(35)42-24-26/h1-24H. The highest BCUT2D eigenvalue weighted by Gasteiger charge is 2.17. The Morgan fingerprint density at radius 3 is 1.87 bits per heavy atom. The molecule has 5 heteroatoms. The van der Waals surface area contributed by atoms with Crippen molar-refractivity contribution < 1.29 is 4.42 Å². The van der Waals surface area contributed by atoms with Crippen LogP contribution in [0.4, 0.5) is 17.1 Å². The van der Waals surface area contributed by atoms with Gasteiger partial charge in [0.25, 0.3) is 0 Å². The van der Waals surface area contributed by atoms with Gasteiger partial charge in [0.05, 0.1) is 0 Å². The third-order valence-electron chi connectivity index (χ3n) is 8.93. The fraction of sp³-hybridized carbons (Fsp3) is 0. The van der Waals surface area contributed by atoms with Crippen LogP contribution in [0.3, 0.4) is 0 Å². The van der Waals surface area contributed by atoms with Gasteiger partial charge >= 0.3 is 0 Å². The zero-order chi connectivity index (χ0) is 30.2. The number of benzene rings is 6. The summed E-state index contributed by atoms with van der Waals surface area (Å²) in [4.78, 5) is 8.24. The molecule has 0 N–H and O–H groups in total. The van der Waals surface area contributed by atoms with Crippen LogP contribution in [0.5, 0.6) is 0 Å². The van der Waals surface area contributed by atoms with Gasteiger partial charge < -0.3 is 9.32 Å². The lowest BCUT2D eigenvalue weighted by Gasteiger charge is -2.26. The minimum atomic E-state index is 0.880. The molecule has 216 valence electrons. The molecule has 46 heavy (non-hydrogen) atoms. The van der Waals surface area contributed by atoms with E-state index in [0.29, 0.717) is 0 Å². The number of thiophene rings is 2. The molecule has 0 spiro atoms. The monoisotopic (exact) mass is 624 g/mol. The number of para-hydroxylation sites is 1. The first-order chi connectivity index (χ1) is 22.8. The summed E-state index contributed by atoms with van der Waals surface area (Å²) in [5, 5.41) is 7.32. The van der Waals surface area contributed by atoms with E-state index in [0.717, 1.165) is 55.0 Å². The van der Waals surface area contributed by atoms with Crippen molar-refractivity contribution in [1.82, 2.24) is 4.98 Å². The Labute approximate surface area is 272 Å². The number of fused-ring (bicyclic) bond motifs is 9. The Morgan fingerprint density at radius 1 is 0.435 bits per heavy atom. The van der Waals surface area contributed by atoms with Gasteiger partial charge in [0.15, 0.2) is 0 Å². The SMILES string of the molecule is c1ccc2c(c1)oc1cc(N(c3ccc(-c4cnc5sc6ccccc6c5c4)cc3)c3ccc4c(c3)sc3ccccc34)ccc12. The van der Waals surface area contributed by atoms with Gasteiger partial charge in [0, 0.05) is 81.3 Å². The Hall–Kier alpha value is -5.49. The van der Waals surface area contributed by atoms with Gasteiger partial charge in [-0.3, -0.25) is 0 Å². The maximum atomic E-state index is 6.33. The lowest BCUT2D eigenvalue weighted by Crippen LogP contribution is -2.09. The number of pyridine rings is 1. The molecule has 0 bridgehead atoms. The van der Waals surface area contributed by atoms with Gasteiger partial charge in [-0.25, -0.2) is 4.98 Å². The zero-order valence-electron chi connectivity index (χ0n) is 24.5. The van der Waals surface area contributed by atoms with Gasteiger partial charge in [-0.2, -0.15) is 0 Å². The molecule has 10 rings (SSSR count). The third-order valence-corrected chi connectivity index (χ3v) is 11.2. The smallest absolute Gasteiger partial charge is 0.137 e. The highest BCUT2D eigenvalue weighted by atomic mass is 32.1. The van der Waals surface area contributed by atoms with Crippen molar-refractivity contribution in [3.8, 4) is 11.1 Å². The Morgan fingerprint density at radius 2 is 1.04 bits per heavy atom. The van der Waals surface area contributed by atoms with E-state index >= 15 is 0 Å². The van der Waals surface area contributed by atoms with Gasteiger partial charge in [-0.15, -0.1) is 22.7 Å². The molecule has 0 fully saturated rings. The average Bonchev–Trinajstić information content (AvgIpc) is 3.79. The first-order valence-corrected chi connectivity index (χ1v) is 16.9. The normalized spacial score (nSPS) is 11.9. The largest absolute Gasteiger partial charge is 0.456 e. The number of hydrogen-bond donors (Lipinski definition) is 0. The van der Waals surface area contributed by atoms with Crippen LogP contribution in [0.1, 0.15) is 0 Å². The summed E-state index contributed by atoms with van der Waals surface area (Å²) in [5.41, 5.74) is 7.27. The van der Waals surface area contributed by atoms with E-state index in [1.54, 1.807) is 11.3 Å². The molecule has 0 aliphatic rings. The van der Waals surface area contributed by atoms with Crippen molar-refractivity contribution in [2.24, 2.45) is 0 Å². The van der Waals surface area contributed by atoms with Crippen LogP contribution < -0.4 is 4.90 Å². The summed E-state index contributed by atoms with van der Waals surface area (Å²) in [6.45, 7) is 0. The maximum absolute atomic E-state index is 6.33. The summed E-state index contributed by atoms with van der Waals surface area (Å²) in [6.07, 6.45) is 2.00. The summed E-state index contributed by atoms with van der Waals surface area (Å²) >= 11 is 3.59. The van der Waals surface area contributed by atoms with E-state index in [9.17, 15) is 0 Å². The molecular formula is C41H24N2OS2. The van der Waals surface area contributed by atoms with E-state index in [4.69, 9.17) is 9.40 Å². The lowest BCUT2D eigenvalue weighted by molar-refractivity contribution is 0.669. The number of anilines is 3. The quantitative estimate of drug-likeness (QED) is 0.195. The molecule has 0 aliphatic carbocycles. The molecule has 0 unspecified atom stereocenters. The van der Waals surface area contributed by atoms with Crippen LogP contribution in [0, 0.1) is 0 Å². The molecule has 0 atom stereocenters. The topological polar surface area (TPSA) is 29.3 Å². The van der Waals surface area contributed by atoms with Gasteiger partial charge in [-0.1, -0.05) is 72.8 Å². The predicted molar refractivity (Wildman–Crippen MR) is 197 cm³/mol. The van der Waals surface area contributed by atoms with E-state index in [1.807, 2.05) is 29.7 Å². The van der Waals surface area contributed by atoms with Crippen LogP contribution in [-0.2, 0) is 0 Å². The number of rotatable bonds is 4. The summed E-state index contributed by atoms with van der Waals surface area (Å²) in [6, 6.07) is 49.9. The number of furan rings is 1. The lowest BCUT2D eigenvalue weighted by atomic mass is 10.0. The van der Waals surface area contributed by atoms with Crippen molar-refractivity contribution in [2.45, 2.75) is 0 Å². The van der Waals surface area contributed by atoms with Crippen molar-refractivity contribution in [2.75, 3.05) is 4.90 Å². The molecule has 0 amide bonds. The number of hydrogen-bond acceptors (Lipinski definition) is 5. The van der Waals surface area contributed by atoms with E-state index in [-0.39, 0.29) is 0 Å². The van der Waals surface area contributed by atoms with Gasteiger partial charge in [0.1, 0.15) is 16.0 Å². The molecule has 0 saturated heterocycles. The molecule has 4 aromatic heterocycles. The molecule has 10 aromatic rings. The van der Waals surface area contributed by atoms with Gasteiger partial charge in [0.2, 0.25) is 0 Å². The predicted octanol–water partition coefficient (Wildman–Crippen LogP) is 12.9. The maximum Gasteiger partial charge on any atom is 0.137 e. The summed E-state index contributed by atoms with van der Waals surface area (Å²) in [5.74, 6) is 0. The van der Waals surface area contributed by atoms with Crippen LogP contribution in [0.15, 0.2) is 150 Å². The number of aromatic nitrogens is 1. The van der Waals surface area contributed by atoms with Crippen molar-refractivity contribution in [3.63, 3.8) is 0 Å². The third kappa shape index (κ3) is 3.99. The van der Waals surface area contributed by atoms with Crippen LogP contribution >= 0.6 is 22.7 Å².